The van der Waals surface area contributed by atoms with E-state index in [-0.39, 0.29) is 37.2 Å². The summed E-state index contributed by atoms with van der Waals surface area (Å²) in [7, 11) is 0. The van der Waals surface area contributed by atoms with E-state index in [0.29, 0.717) is 17.1 Å². The second kappa shape index (κ2) is 8.14. The van der Waals surface area contributed by atoms with Gasteiger partial charge in [0.15, 0.2) is 6.61 Å². The number of fused-ring (bicyclic) bond motifs is 1. The maximum absolute atomic E-state index is 13.2. The number of nitrogens with one attached hydrogen (secondary N) is 1. The number of rotatable bonds is 5. The fraction of sp³-hybridized carbons (Fsp3) is 0.130. The molecule has 0 unspecified atom stereocenters. The summed E-state index contributed by atoms with van der Waals surface area (Å²) >= 11 is 0. The summed E-state index contributed by atoms with van der Waals surface area (Å²) in [6, 6.07) is 20.7. The lowest BCUT2D eigenvalue weighted by Gasteiger charge is -2.30. The van der Waals surface area contributed by atoms with Crippen molar-refractivity contribution >= 4 is 23.2 Å². The molecular weight excluding hydrogens is 371 g/mol. The first-order valence-electron chi connectivity index (χ1n) is 9.24. The summed E-state index contributed by atoms with van der Waals surface area (Å²) in [5.74, 6) is -0.113. The number of amides is 2. The minimum Gasteiger partial charge on any atom is -0.482 e. The van der Waals surface area contributed by atoms with Crippen molar-refractivity contribution in [2.75, 3.05) is 16.8 Å². The molecule has 0 fully saturated rings. The molecule has 146 valence electrons. The topological polar surface area (TPSA) is 58.6 Å². The van der Waals surface area contributed by atoms with E-state index in [4.69, 9.17) is 4.74 Å². The monoisotopic (exact) mass is 390 g/mol. The van der Waals surface area contributed by atoms with Gasteiger partial charge in [-0.3, -0.25) is 9.59 Å². The molecule has 3 aromatic carbocycles. The van der Waals surface area contributed by atoms with Crippen LogP contribution in [-0.2, 0) is 22.6 Å². The highest BCUT2D eigenvalue weighted by Gasteiger charge is 2.26. The van der Waals surface area contributed by atoms with Crippen LogP contribution in [0.5, 0.6) is 5.75 Å². The normalized spacial score (nSPS) is 12.9. The van der Waals surface area contributed by atoms with Gasteiger partial charge in [0.25, 0.3) is 5.91 Å². The Morgan fingerprint density at radius 2 is 1.76 bits per heavy atom. The molecule has 1 heterocycles. The number of hydrogen-bond donors (Lipinski definition) is 1. The van der Waals surface area contributed by atoms with E-state index < -0.39 is 0 Å². The Kier molecular flexibility index (Phi) is 5.24. The summed E-state index contributed by atoms with van der Waals surface area (Å²) in [5.41, 5.74) is 2.86. The summed E-state index contributed by atoms with van der Waals surface area (Å²) < 4.78 is 18.7. The molecule has 2 amide bonds. The lowest BCUT2D eigenvalue weighted by Crippen LogP contribution is -2.38. The highest BCUT2D eigenvalue weighted by Crippen LogP contribution is 2.35. The summed E-state index contributed by atoms with van der Waals surface area (Å²) in [6.07, 6.45) is 0.257. The average molecular weight is 390 g/mol. The van der Waals surface area contributed by atoms with Gasteiger partial charge >= 0.3 is 0 Å². The standard InChI is InChI=1S/C23H19FN2O3/c24-18-8-6-17(7-9-18)14-26-20-13-19(10-11-21(20)29-15-23(26)28)25-22(27)12-16-4-2-1-3-5-16/h1-11,13H,12,14-15H2,(H,25,27). The predicted molar refractivity (Wildman–Crippen MR) is 108 cm³/mol. The number of hydrogen-bond acceptors (Lipinski definition) is 3. The number of benzene rings is 3. The van der Waals surface area contributed by atoms with Gasteiger partial charge in [-0.25, -0.2) is 4.39 Å². The van der Waals surface area contributed by atoms with Gasteiger partial charge < -0.3 is 15.0 Å². The minimum absolute atomic E-state index is 0.0616. The Balaban J connectivity index is 1.53. The van der Waals surface area contributed by atoms with Crippen molar-refractivity contribution in [2.45, 2.75) is 13.0 Å². The van der Waals surface area contributed by atoms with Crippen molar-refractivity contribution in [3.8, 4) is 5.75 Å². The van der Waals surface area contributed by atoms with E-state index in [1.54, 1.807) is 35.2 Å². The number of ether oxygens (including phenoxy) is 1. The van der Waals surface area contributed by atoms with Crippen LogP contribution in [0, 0.1) is 5.82 Å². The van der Waals surface area contributed by atoms with Gasteiger partial charge in [-0.05, 0) is 41.5 Å². The van der Waals surface area contributed by atoms with Crippen LogP contribution in [0.3, 0.4) is 0 Å². The van der Waals surface area contributed by atoms with Crippen molar-refractivity contribution < 1.29 is 18.7 Å². The molecule has 0 spiro atoms. The fourth-order valence-corrected chi connectivity index (χ4v) is 3.21. The largest absolute Gasteiger partial charge is 0.482 e. The van der Waals surface area contributed by atoms with Crippen LogP contribution < -0.4 is 15.0 Å². The van der Waals surface area contributed by atoms with Crippen LogP contribution in [0.4, 0.5) is 15.8 Å². The van der Waals surface area contributed by atoms with Gasteiger partial charge in [-0.2, -0.15) is 0 Å². The van der Waals surface area contributed by atoms with Crippen LogP contribution in [0.1, 0.15) is 11.1 Å². The summed E-state index contributed by atoms with van der Waals surface area (Å²) in [6.45, 7) is 0.227. The third-order valence-electron chi connectivity index (χ3n) is 4.65. The van der Waals surface area contributed by atoms with Gasteiger partial charge in [0.05, 0.1) is 18.7 Å². The first-order valence-corrected chi connectivity index (χ1v) is 9.24. The van der Waals surface area contributed by atoms with E-state index in [1.165, 1.54) is 12.1 Å². The fourth-order valence-electron chi connectivity index (χ4n) is 3.21. The molecule has 0 aromatic heterocycles. The van der Waals surface area contributed by atoms with Gasteiger partial charge in [-0.1, -0.05) is 42.5 Å². The molecule has 29 heavy (non-hydrogen) atoms. The second-order valence-corrected chi connectivity index (χ2v) is 6.79. The molecule has 1 aliphatic heterocycles. The predicted octanol–water partition coefficient (Wildman–Crippen LogP) is 3.93. The zero-order valence-corrected chi connectivity index (χ0v) is 15.6. The van der Waals surface area contributed by atoms with Gasteiger partial charge in [0.2, 0.25) is 5.91 Å². The molecule has 1 N–H and O–H groups in total. The molecular formula is C23H19FN2O3. The molecule has 0 bridgehead atoms. The maximum Gasteiger partial charge on any atom is 0.265 e. The molecule has 0 saturated carbocycles. The van der Waals surface area contributed by atoms with Crippen molar-refractivity contribution in [3.05, 3.63) is 89.7 Å². The maximum atomic E-state index is 13.2. The highest BCUT2D eigenvalue weighted by molar-refractivity contribution is 5.99. The molecule has 1 aliphatic rings. The number of halogens is 1. The van der Waals surface area contributed by atoms with E-state index in [9.17, 15) is 14.0 Å². The average Bonchev–Trinajstić information content (AvgIpc) is 2.72. The molecule has 5 nitrogen and oxygen atoms in total. The van der Waals surface area contributed by atoms with Crippen LogP contribution in [0.15, 0.2) is 72.8 Å². The summed E-state index contributed by atoms with van der Waals surface area (Å²) in [5, 5.41) is 2.87. The van der Waals surface area contributed by atoms with E-state index >= 15 is 0 Å². The minimum atomic E-state index is -0.328. The number of carbonyl (C=O) groups is 2. The Bertz CT molecular complexity index is 1040. The first-order chi connectivity index (χ1) is 14.1. The van der Waals surface area contributed by atoms with E-state index in [0.717, 1.165) is 11.1 Å². The molecule has 0 radical (unpaired) electrons. The van der Waals surface area contributed by atoms with Gasteiger partial charge in [0.1, 0.15) is 11.6 Å². The van der Waals surface area contributed by atoms with Crippen molar-refractivity contribution in [2.24, 2.45) is 0 Å². The lowest BCUT2D eigenvalue weighted by molar-refractivity contribution is -0.121. The Morgan fingerprint density at radius 1 is 1.00 bits per heavy atom. The SMILES string of the molecule is O=C(Cc1ccccc1)Nc1ccc2c(c1)N(Cc1ccc(F)cc1)C(=O)CO2. The second-order valence-electron chi connectivity index (χ2n) is 6.79. The van der Waals surface area contributed by atoms with Crippen molar-refractivity contribution in [3.63, 3.8) is 0 Å². The molecule has 3 aromatic rings. The number of anilines is 2. The highest BCUT2D eigenvalue weighted by atomic mass is 19.1. The lowest BCUT2D eigenvalue weighted by atomic mass is 10.1. The molecule has 0 saturated heterocycles. The van der Waals surface area contributed by atoms with Crippen molar-refractivity contribution in [1.82, 2.24) is 0 Å². The van der Waals surface area contributed by atoms with Crippen LogP contribution in [0.2, 0.25) is 0 Å². The molecule has 4 rings (SSSR count). The van der Waals surface area contributed by atoms with Crippen molar-refractivity contribution in [1.29, 1.82) is 0 Å². The van der Waals surface area contributed by atoms with Gasteiger partial charge in [-0.15, -0.1) is 0 Å². The third kappa shape index (κ3) is 4.43. The van der Waals surface area contributed by atoms with Crippen LogP contribution >= 0.6 is 0 Å². The zero-order chi connectivity index (χ0) is 20.2. The van der Waals surface area contributed by atoms with E-state index in [1.807, 2.05) is 30.3 Å². The number of carbonyl (C=O) groups excluding carboxylic acids is 2. The number of nitrogens with zero attached hydrogens (tertiary/aromatic N) is 1. The third-order valence-corrected chi connectivity index (χ3v) is 4.65. The molecule has 6 heteroatoms. The summed E-state index contributed by atoms with van der Waals surface area (Å²) in [4.78, 5) is 26.4. The van der Waals surface area contributed by atoms with Crippen LogP contribution in [0.25, 0.3) is 0 Å². The Hall–Kier alpha value is -3.67. The molecule has 0 aliphatic carbocycles. The zero-order valence-electron chi connectivity index (χ0n) is 15.6. The Morgan fingerprint density at radius 3 is 2.52 bits per heavy atom. The van der Waals surface area contributed by atoms with Crippen LogP contribution in [-0.4, -0.2) is 18.4 Å². The first kappa shape index (κ1) is 18.7. The Labute approximate surface area is 167 Å². The molecule has 0 atom stereocenters. The van der Waals surface area contributed by atoms with Gasteiger partial charge in [0, 0.05) is 5.69 Å². The van der Waals surface area contributed by atoms with E-state index in [2.05, 4.69) is 5.32 Å². The smallest absolute Gasteiger partial charge is 0.265 e. The quantitative estimate of drug-likeness (QED) is 0.718.